The molecule has 2 heterocycles. The van der Waals surface area contributed by atoms with Crippen LogP contribution in [0.1, 0.15) is 37.8 Å². The molecule has 2 aliphatic rings. The summed E-state index contributed by atoms with van der Waals surface area (Å²) < 4.78 is 11.4. The Morgan fingerprint density at radius 2 is 2.16 bits per heavy atom. The second-order valence-electron chi connectivity index (χ2n) is 6.60. The minimum atomic E-state index is -0.598. The molecule has 0 spiro atoms. The van der Waals surface area contributed by atoms with Gasteiger partial charge in [0.25, 0.3) is 5.91 Å². The fraction of sp³-hybridized carbons (Fsp3) is 0.579. The molecule has 2 amide bonds. The van der Waals surface area contributed by atoms with E-state index in [-0.39, 0.29) is 17.9 Å². The maximum atomic E-state index is 12.9. The lowest BCUT2D eigenvalue weighted by atomic mass is 10.0. The number of carbonyl (C=O) groups is 2. The zero-order valence-electron chi connectivity index (χ0n) is 14.6. The van der Waals surface area contributed by atoms with Crippen LogP contribution in [0.3, 0.4) is 0 Å². The minimum Gasteiger partial charge on any atom is -0.376 e. The molecule has 0 saturated carbocycles. The number of benzene rings is 1. The molecular formula is C19H26N2O4. The summed E-state index contributed by atoms with van der Waals surface area (Å²) in [4.78, 5) is 26.9. The van der Waals surface area contributed by atoms with Gasteiger partial charge in [0.05, 0.1) is 12.7 Å². The van der Waals surface area contributed by atoms with Gasteiger partial charge in [-0.05, 0) is 31.7 Å². The van der Waals surface area contributed by atoms with E-state index in [1.165, 1.54) is 0 Å². The Bertz CT molecular complexity index is 586. The molecule has 0 bridgehead atoms. The third-order valence-corrected chi connectivity index (χ3v) is 4.76. The molecule has 2 fully saturated rings. The molecule has 1 aromatic carbocycles. The summed E-state index contributed by atoms with van der Waals surface area (Å²) in [5, 5.41) is 2.84. The zero-order valence-corrected chi connectivity index (χ0v) is 14.6. The van der Waals surface area contributed by atoms with Crippen molar-refractivity contribution in [2.24, 2.45) is 0 Å². The number of amides is 2. The Labute approximate surface area is 148 Å². The Hall–Kier alpha value is -1.92. The predicted octanol–water partition coefficient (Wildman–Crippen LogP) is 1.66. The van der Waals surface area contributed by atoms with Crippen LogP contribution < -0.4 is 5.32 Å². The second kappa shape index (κ2) is 8.45. The summed E-state index contributed by atoms with van der Waals surface area (Å²) in [7, 11) is 0. The quantitative estimate of drug-likeness (QED) is 0.880. The number of nitrogens with one attached hydrogen (secondary N) is 1. The van der Waals surface area contributed by atoms with E-state index in [9.17, 15) is 9.59 Å². The van der Waals surface area contributed by atoms with Crippen molar-refractivity contribution < 1.29 is 19.1 Å². The zero-order chi connectivity index (χ0) is 17.6. The summed E-state index contributed by atoms with van der Waals surface area (Å²) in [6.07, 6.45) is 2.67. The topological polar surface area (TPSA) is 67.9 Å². The molecule has 1 aromatic rings. The number of hydrogen-bond acceptors (Lipinski definition) is 4. The highest BCUT2D eigenvalue weighted by Gasteiger charge is 2.36. The van der Waals surface area contributed by atoms with Gasteiger partial charge in [0, 0.05) is 19.7 Å². The van der Waals surface area contributed by atoms with Crippen LogP contribution in [-0.4, -0.2) is 55.2 Å². The van der Waals surface area contributed by atoms with Crippen molar-refractivity contribution >= 4 is 11.8 Å². The number of carbonyl (C=O) groups excluding carboxylic acids is 2. The molecule has 1 N–H and O–H groups in total. The van der Waals surface area contributed by atoms with Crippen LogP contribution in [-0.2, 0) is 19.1 Å². The normalized spacial score (nSPS) is 25.3. The number of nitrogens with zero attached hydrogens (tertiary/aromatic N) is 1. The number of piperazine rings is 1. The van der Waals surface area contributed by atoms with Gasteiger partial charge in [-0.3, -0.25) is 9.59 Å². The van der Waals surface area contributed by atoms with Gasteiger partial charge in [0.1, 0.15) is 12.1 Å². The fourth-order valence-electron chi connectivity index (χ4n) is 3.37. The average Bonchev–Trinajstić information content (AvgIpc) is 2.67. The molecule has 0 aromatic heterocycles. The second-order valence-corrected chi connectivity index (χ2v) is 6.60. The van der Waals surface area contributed by atoms with E-state index in [2.05, 4.69) is 5.32 Å². The molecule has 2 saturated heterocycles. The third-order valence-electron chi connectivity index (χ3n) is 4.76. The molecule has 6 nitrogen and oxygen atoms in total. The van der Waals surface area contributed by atoms with E-state index in [1.807, 2.05) is 30.3 Å². The molecule has 0 aliphatic carbocycles. The standard InChI is InChI=1S/C19H26N2O4/c1-14(25-13-16-9-5-6-12-24-16)19(23)21-11-10-20-18(22)17(21)15-7-3-2-4-8-15/h2-4,7-8,14,16-17H,5-6,9-13H2,1H3,(H,20,22)/t14-,16-,17-/m0/s1. The summed E-state index contributed by atoms with van der Waals surface area (Å²) in [6.45, 7) is 3.88. The highest BCUT2D eigenvalue weighted by Crippen LogP contribution is 2.24. The Balaban J connectivity index is 1.64. The van der Waals surface area contributed by atoms with Crippen LogP contribution in [0.15, 0.2) is 30.3 Å². The first-order valence-corrected chi connectivity index (χ1v) is 9.03. The lowest BCUT2D eigenvalue weighted by molar-refractivity contribution is -0.154. The average molecular weight is 346 g/mol. The first kappa shape index (κ1) is 17.9. The van der Waals surface area contributed by atoms with Crippen LogP contribution in [0, 0.1) is 0 Å². The summed E-state index contributed by atoms with van der Waals surface area (Å²) in [5.41, 5.74) is 0.816. The predicted molar refractivity (Wildman–Crippen MR) is 92.9 cm³/mol. The third kappa shape index (κ3) is 4.38. The van der Waals surface area contributed by atoms with Gasteiger partial charge in [-0.1, -0.05) is 30.3 Å². The molecule has 3 atom stereocenters. The number of hydrogen-bond donors (Lipinski definition) is 1. The van der Waals surface area contributed by atoms with Gasteiger partial charge in [0.2, 0.25) is 5.91 Å². The van der Waals surface area contributed by atoms with Crippen molar-refractivity contribution in [1.82, 2.24) is 10.2 Å². The van der Waals surface area contributed by atoms with Crippen molar-refractivity contribution in [2.75, 3.05) is 26.3 Å². The fourth-order valence-corrected chi connectivity index (χ4v) is 3.37. The van der Waals surface area contributed by atoms with Gasteiger partial charge in [-0.15, -0.1) is 0 Å². The van der Waals surface area contributed by atoms with Crippen molar-refractivity contribution in [1.29, 1.82) is 0 Å². The number of ether oxygens (including phenoxy) is 2. The molecule has 25 heavy (non-hydrogen) atoms. The highest BCUT2D eigenvalue weighted by molar-refractivity contribution is 5.91. The van der Waals surface area contributed by atoms with Gasteiger partial charge in [0.15, 0.2) is 0 Å². The first-order valence-electron chi connectivity index (χ1n) is 9.03. The van der Waals surface area contributed by atoms with Crippen LogP contribution >= 0.6 is 0 Å². The van der Waals surface area contributed by atoms with Gasteiger partial charge in [-0.2, -0.15) is 0 Å². The molecule has 6 heteroatoms. The van der Waals surface area contributed by atoms with Crippen LogP contribution in [0.2, 0.25) is 0 Å². The van der Waals surface area contributed by atoms with Gasteiger partial charge < -0.3 is 19.7 Å². The van der Waals surface area contributed by atoms with E-state index < -0.39 is 12.1 Å². The molecule has 0 radical (unpaired) electrons. The smallest absolute Gasteiger partial charge is 0.252 e. The highest BCUT2D eigenvalue weighted by atomic mass is 16.5. The van der Waals surface area contributed by atoms with E-state index in [4.69, 9.17) is 9.47 Å². The van der Waals surface area contributed by atoms with E-state index >= 15 is 0 Å². The molecular weight excluding hydrogens is 320 g/mol. The Kier molecular flexibility index (Phi) is 6.04. The maximum absolute atomic E-state index is 12.9. The van der Waals surface area contributed by atoms with Crippen LogP contribution in [0.25, 0.3) is 0 Å². The van der Waals surface area contributed by atoms with Crippen molar-refractivity contribution in [2.45, 2.75) is 44.4 Å². The van der Waals surface area contributed by atoms with Crippen LogP contribution in [0.5, 0.6) is 0 Å². The summed E-state index contributed by atoms with van der Waals surface area (Å²) >= 11 is 0. The van der Waals surface area contributed by atoms with Crippen molar-refractivity contribution in [3.8, 4) is 0 Å². The van der Waals surface area contributed by atoms with Crippen molar-refractivity contribution in [3.05, 3.63) is 35.9 Å². The SMILES string of the molecule is C[C@H](OC[C@@H]1CCCCO1)C(=O)N1CCNC(=O)[C@@H]1c1ccccc1. The lowest BCUT2D eigenvalue weighted by Gasteiger charge is -2.37. The molecule has 3 rings (SSSR count). The van der Waals surface area contributed by atoms with Gasteiger partial charge >= 0.3 is 0 Å². The minimum absolute atomic E-state index is 0.0681. The summed E-state index contributed by atoms with van der Waals surface area (Å²) in [5.74, 6) is -0.298. The molecule has 136 valence electrons. The molecule has 0 unspecified atom stereocenters. The van der Waals surface area contributed by atoms with E-state index in [0.717, 1.165) is 31.4 Å². The van der Waals surface area contributed by atoms with Gasteiger partial charge in [-0.25, -0.2) is 0 Å². The van der Waals surface area contributed by atoms with Crippen LogP contribution in [0.4, 0.5) is 0 Å². The van der Waals surface area contributed by atoms with Crippen molar-refractivity contribution in [3.63, 3.8) is 0 Å². The molecule has 2 aliphatic heterocycles. The summed E-state index contributed by atoms with van der Waals surface area (Å²) in [6, 6.07) is 8.79. The largest absolute Gasteiger partial charge is 0.376 e. The number of rotatable bonds is 5. The Morgan fingerprint density at radius 1 is 1.36 bits per heavy atom. The first-order chi connectivity index (χ1) is 12.2. The lowest BCUT2D eigenvalue weighted by Crippen LogP contribution is -2.54. The van der Waals surface area contributed by atoms with E-state index in [0.29, 0.717) is 19.7 Å². The van der Waals surface area contributed by atoms with E-state index in [1.54, 1.807) is 11.8 Å². The monoisotopic (exact) mass is 346 g/mol. The Morgan fingerprint density at radius 3 is 2.88 bits per heavy atom. The maximum Gasteiger partial charge on any atom is 0.252 e.